The lowest BCUT2D eigenvalue weighted by molar-refractivity contribution is 0.235. The number of nitrogens with zero attached hydrogens (tertiary/aromatic N) is 2. The molecule has 2 heterocycles. The van der Waals surface area contributed by atoms with Crippen LogP contribution in [0.4, 0.5) is 0 Å². The Morgan fingerprint density at radius 2 is 1.77 bits per heavy atom. The monoisotopic (exact) mass is 407 g/mol. The van der Waals surface area contributed by atoms with Gasteiger partial charge in [0.1, 0.15) is 5.82 Å². The molecule has 0 saturated heterocycles. The molecule has 30 heavy (non-hydrogen) atoms. The Kier molecular flexibility index (Phi) is 5.72. The van der Waals surface area contributed by atoms with E-state index in [2.05, 4.69) is 9.88 Å². The summed E-state index contributed by atoms with van der Waals surface area (Å²) in [7, 11) is 4.83. The third-order valence-corrected chi connectivity index (χ3v) is 5.38. The van der Waals surface area contributed by atoms with E-state index < -0.39 is 0 Å². The summed E-state index contributed by atoms with van der Waals surface area (Å²) in [6.45, 7) is 2.01. The Balaban J connectivity index is 1.62. The Labute approximate surface area is 175 Å². The number of hydrogen-bond donors (Lipinski definition) is 1. The molecule has 0 radical (unpaired) electrons. The number of methoxy groups -OCH3 is 3. The summed E-state index contributed by atoms with van der Waals surface area (Å²) in [5, 5.41) is 0. The van der Waals surface area contributed by atoms with Gasteiger partial charge in [-0.1, -0.05) is 36.4 Å². The summed E-state index contributed by atoms with van der Waals surface area (Å²) >= 11 is 0. The lowest BCUT2D eigenvalue weighted by Gasteiger charge is -2.28. The van der Waals surface area contributed by atoms with Crippen LogP contribution in [0, 0.1) is 0 Å². The van der Waals surface area contributed by atoms with Crippen LogP contribution in [0.3, 0.4) is 0 Å². The van der Waals surface area contributed by atoms with Crippen LogP contribution < -0.4 is 19.8 Å². The second-order valence-corrected chi connectivity index (χ2v) is 7.16. The van der Waals surface area contributed by atoms with Crippen molar-refractivity contribution in [2.24, 2.45) is 0 Å². The molecule has 0 saturated carbocycles. The average molecular weight is 407 g/mol. The molecule has 4 rings (SSSR count). The van der Waals surface area contributed by atoms with Crippen LogP contribution in [0.25, 0.3) is 11.4 Å². The topological polar surface area (TPSA) is 76.7 Å². The van der Waals surface area contributed by atoms with E-state index in [0.717, 1.165) is 28.9 Å². The van der Waals surface area contributed by atoms with Crippen molar-refractivity contribution in [1.29, 1.82) is 0 Å². The fourth-order valence-electron chi connectivity index (χ4n) is 3.89. The number of benzene rings is 2. The molecule has 0 spiro atoms. The van der Waals surface area contributed by atoms with Gasteiger partial charge in [0.25, 0.3) is 5.56 Å². The molecule has 0 aliphatic carbocycles. The molecule has 1 aliphatic heterocycles. The van der Waals surface area contributed by atoms with E-state index in [-0.39, 0.29) is 5.56 Å². The quantitative estimate of drug-likeness (QED) is 0.677. The van der Waals surface area contributed by atoms with E-state index in [4.69, 9.17) is 19.2 Å². The minimum absolute atomic E-state index is 0.0535. The second-order valence-electron chi connectivity index (χ2n) is 7.16. The molecule has 0 atom stereocenters. The van der Waals surface area contributed by atoms with Crippen molar-refractivity contribution in [3.63, 3.8) is 0 Å². The van der Waals surface area contributed by atoms with Crippen LogP contribution in [-0.4, -0.2) is 42.7 Å². The summed E-state index contributed by atoms with van der Waals surface area (Å²) < 4.78 is 16.5. The lowest BCUT2D eigenvalue weighted by atomic mass is 10.0. The zero-order chi connectivity index (χ0) is 21.1. The molecule has 7 nitrogen and oxygen atoms in total. The van der Waals surface area contributed by atoms with Gasteiger partial charge in [-0.2, -0.15) is 0 Å². The number of nitrogens with one attached hydrogen (secondary N) is 1. The number of ether oxygens (including phenoxy) is 3. The fraction of sp³-hybridized carbons (Fsp3) is 0.304. The third kappa shape index (κ3) is 3.76. The molecule has 7 heteroatoms. The highest BCUT2D eigenvalue weighted by Gasteiger charge is 2.24. The summed E-state index contributed by atoms with van der Waals surface area (Å²) in [4.78, 5) is 22.6. The summed E-state index contributed by atoms with van der Waals surface area (Å²) in [5.74, 6) is 2.47. The van der Waals surface area contributed by atoms with Crippen LogP contribution in [0.15, 0.2) is 47.3 Å². The van der Waals surface area contributed by atoms with Gasteiger partial charge in [0.2, 0.25) is 5.75 Å². The smallest absolute Gasteiger partial charge is 0.254 e. The summed E-state index contributed by atoms with van der Waals surface area (Å²) in [6, 6.07) is 13.6. The van der Waals surface area contributed by atoms with E-state index in [1.54, 1.807) is 21.3 Å². The number of fused-ring (bicyclic) bond motifs is 1. The van der Waals surface area contributed by atoms with E-state index >= 15 is 0 Å². The van der Waals surface area contributed by atoms with Gasteiger partial charge >= 0.3 is 0 Å². The molecule has 2 aromatic carbocycles. The summed E-state index contributed by atoms with van der Waals surface area (Å²) in [5.41, 5.74) is 3.43. The number of rotatable bonds is 6. The first-order valence-corrected chi connectivity index (χ1v) is 9.82. The molecule has 1 aromatic heterocycles. The molecular weight excluding hydrogens is 382 g/mol. The largest absolute Gasteiger partial charge is 0.493 e. The Morgan fingerprint density at radius 3 is 2.47 bits per heavy atom. The first-order chi connectivity index (χ1) is 14.6. The highest BCUT2D eigenvalue weighted by Crippen LogP contribution is 2.40. The number of hydrogen-bond acceptors (Lipinski definition) is 6. The van der Waals surface area contributed by atoms with Crippen LogP contribution >= 0.6 is 0 Å². The average Bonchev–Trinajstić information content (AvgIpc) is 2.79. The van der Waals surface area contributed by atoms with Gasteiger partial charge in [-0.15, -0.1) is 0 Å². The zero-order valence-electron chi connectivity index (χ0n) is 17.4. The first-order valence-electron chi connectivity index (χ1n) is 9.82. The molecular formula is C23H25N3O4. The van der Waals surface area contributed by atoms with Crippen molar-refractivity contribution in [2.45, 2.75) is 19.5 Å². The summed E-state index contributed by atoms with van der Waals surface area (Å²) in [6.07, 6.45) is 0.655. The lowest BCUT2D eigenvalue weighted by Crippen LogP contribution is -2.35. The molecule has 0 unspecified atom stereocenters. The zero-order valence-corrected chi connectivity index (χ0v) is 17.4. The predicted molar refractivity (Wildman–Crippen MR) is 114 cm³/mol. The highest BCUT2D eigenvalue weighted by atomic mass is 16.5. The van der Waals surface area contributed by atoms with Gasteiger partial charge in [-0.05, 0) is 12.5 Å². The Bertz CT molecular complexity index is 1100. The van der Waals surface area contributed by atoms with E-state index in [0.29, 0.717) is 42.6 Å². The van der Waals surface area contributed by atoms with Crippen molar-refractivity contribution in [2.75, 3.05) is 27.9 Å². The molecule has 3 aromatic rings. The van der Waals surface area contributed by atoms with Gasteiger partial charge in [-0.3, -0.25) is 9.69 Å². The fourth-order valence-corrected chi connectivity index (χ4v) is 3.89. The second kappa shape index (κ2) is 8.59. The predicted octanol–water partition coefficient (Wildman–Crippen LogP) is 3.02. The Hall–Kier alpha value is -3.32. The maximum Gasteiger partial charge on any atom is 0.254 e. The van der Waals surface area contributed by atoms with Crippen molar-refractivity contribution in [3.8, 4) is 28.6 Å². The number of aromatic nitrogens is 2. The van der Waals surface area contributed by atoms with Crippen LogP contribution in [0.5, 0.6) is 17.2 Å². The molecule has 0 bridgehead atoms. The van der Waals surface area contributed by atoms with Gasteiger partial charge < -0.3 is 19.2 Å². The number of H-pyrrole nitrogens is 1. The van der Waals surface area contributed by atoms with Crippen molar-refractivity contribution in [3.05, 3.63) is 69.6 Å². The van der Waals surface area contributed by atoms with Gasteiger partial charge in [-0.25, -0.2) is 4.98 Å². The van der Waals surface area contributed by atoms with Crippen LogP contribution in [-0.2, 0) is 19.5 Å². The minimum Gasteiger partial charge on any atom is -0.493 e. The highest BCUT2D eigenvalue weighted by molar-refractivity contribution is 5.56. The molecule has 1 aliphatic rings. The third-order valence-electron chi connectivity index (χ3n) is 5.38. The van der Waals surface area contributed by atoms with Crippen molar-refractivity contribution >= 4 is 0 Å². The standard InChI is InChI=1S/C23H25N3O4/c1-28-19-10-9-16(20(29-2)21(19)30-3)13-26-12-11-17-18(14-26)24-22(25-23(17)27)15-7-5-4-6-8-15/h4-10H,11-14H2,1-3H3,(H,24,25,27). The van der Waals surface area contributed by atoms with E-state index in [1.807, 2.05) is 42.5 Å². The van der Waals surface area contributed by atoms with Crippen molar-refractivity contribution in [1.82, 2.24) is 14.9 Å². The maximum atomic E-state index is 12.6. The van der Waals surface area contributed by atoms with Crippen LogP contribution in [0.1, 0.15) is 16.8 Å². The first kappa shape index (κ1) is 20.0. The van der Waals surface area contributed by atoms with Gasteiger partial charge in [0.05, 0.1) is 27.0 Å². The molecule has 0 amide bonds. The SMILES string of the molecule is COc1ccc(CN2CCc3c(nc(-c4ccccc4)[nH]c3=O)C2)c(OC)c1OC. The maximum absolute atomic E-state index is 12.6. The molecule has 156 valence electrons. The van der Waals surface area contributed by atoms with Crippen molar-refractivity contribution < 1.29 is 14.2 Å². The molecule has 0 fully saturated rings. The van der Waals surface area contributed by atoms with Gasteiger partial charge in [0.15, 0.2) is 11.5 Å². The van der Waals surface area contributed by atoms with Gasteiger partial charge in [0, 0.05) is 36.3 Å². The van der Waals surface area contributed by atoms with E-state index in [9.17, 15) is 4.79 Å². The van der Waals surface area contributed by atoms with E-state index in [1.165, 1.54) is 0 Å². The molecule has 1 N–H and O–H groups in total. The minimum atomic E-state index is -0.0535. The Morgan fingerprint density at radius 1 is 1.00 bits per heavy atom. The number of aromatic amines is 1. The van der Waals surface area contributed by atoms with Crippen LogP contribution in [0.2, 0.25) is 0 Å². The normalized spacial score (nSPS) is 13.6.